The number of carbonyl (C=O) groups is 2. The average molecular weight is 285 g/mol. The topological polar surface area (TPSA) is 153 Å². The number of rotatable bonds is 5. The maximum absolute atomic E-state index is 13.4. The van der Waals surface area contributed by atoms with E-state index in [0.717, 1.165) is 6.07 Å². The Morgan fingerprint density at radius 3 is 2.50 bits per heavy atom. The molecule has 1 atom stereocenters. The summed E-state index contributed by atoms with van der Waals surface area (Å²) in [7, 11) is 0. The minimum Gasteiger partial charge on any atom is -0.368 e. The zero-order chi connectivity index (χ0) is 15.4. The van der Waals surface area contributed by atoms with Crippen LogP contribution in [0.5, 0.6) is 0 Å². The first-order chi connectivity index (χ1) is 9.27. The summed E-state index contributed by atoms with van der Waals surface area (Å²) in [4.78, 5) is 32.6. The lowest BCUT2D eigenvalue weighted by molar-refractivity contribution is -0.385. The van der Waals surface area contributed by atoms with Gasteiger partial charge in [-0.15, -0.1) is 0 Å². The molecule has 1 unspecified atom stereocenters. The molecule has 1 aromatic rings. The summed E-state index contributed by atoms with van der Waals surface area (Å²) in [6.07, 6.45) is 0. The highest BCUT2D eigenvalue weighted by Gasteiger charge is 2.25. The third-order valence-corrected chi connectivity index (χ3v) is 2.46. The van der Waals surface area contributed by atoms with Crippen LogP contribution in [0.1, 0.15) is 17.3 Å². The second kappa shape index (κ2) is 5.93. The number of nitrogens with two attached hydrogens (primary N) is 2. The largest absolute Gasteiger partial charge is 0.368 e. The van der Waals surface area contributed by atoms with Crippen molar-refractivity contribution in [3.8, 4) is 0 Å². The van der Waals surface area contributed by atoms with E-state index in [-0.39, 0.29) is 5.69 Å². The second-order valence-electron chi connectivity index (χ2n) is 3.85. The Morgan fingerprint density at radius 1 is 1.45 bits per heavy atom. The first kappa shape index (κ1) is 15.3. The predicted molar refractivity (Wildman–Crippen MR) is 67.0 cm³/mol. The van der Waals surface area contributed by atoms with Crippen molar-refractivity contribution in [3.05, 3.63) is 33.6 Å². The first-order valence-electron chi connectivity index (χ1n) is 5.32. The minimum absolute atomic E-state index is 0.299. The van der Waals surface area contributed by atoms with Crippen LogP contribution in [0.2, 0.25) is 0 Å². The number of amides is 2. The summed E-state index contributed by atoms with van der Waals surface area (Å²) in [5.74, 6) is 2.28. The number of hydrazine groups is 1. The molecule has 9 nitrogen and oxygen atoms in total. The van der Waals surface area contributed by atoms with E-state index in [2.05, 4.69) is 5.32 Å². The van der Waals surface area contributed by atoms with Crippen molar-refractivity contribution >= 4 is 23.2 Å². The molecule has 0 saturated carbocycles. The van der Waals surface area contributed by atoms with Crippen molar-refractivity contribution in [3.63, 3.8) is 0 Å². The molecule has 6 N–H and O–H groups in total. The zero-order valence-electron chi connectivity index (χ0n) is 10.3. The van der Waals surface area contributed by atoms with Crippen molar-refractivity contribution in [1.29, 1.82) is 0 Å². The number of anilines is 1. The molecule has 0 bridgehead atoms. The number of hydrogen-bond acceptors (Lipinski definition) is 6. The molecule has 0 spiro atoms. The third-order valence-electron chi connectivity index (χ3n) is 2.46. The van der Waals surface area contributed by atoms with Crippen LogP contribution in [0, 0.1) is 15.9 Å². The van der Waals surface area contributed by atoms with Gasteiger partial charge in [-0.05, 0) is 13.0 Å². The molecule has 0 saturated heterocycles. The van der Waals surface area contributed by atoms with Crippen LogP contribution in [-0.2, 0) is 4.79 Å². The number of primary amides is 1. The highest BCUT2D eigenvalue weighted by atomic mass is 19.1. The molecule has 2 amide bonds. The fraction of sp³-hybridized carbons (Fsp3) is 0.200. The van der Waals surface area contributed by atoms with Crippen molar-refractivity contribution < 1.29 is 18.9 Å². The monoisotopic (exact) mass is 285 g/mol. The van der Waals surface area contributed by atoms with Gasteiger partial charge < -0.3 is 16.5 Å². The van der Waals surface area contributed by atoms with Crippen LogP contribution in [-0.4, -0.2) is 22.8 Å². The van der Waals surface area contributed by atoms with E-state index in [1.807, 2.05) is 5.43 Å². The highest BCUT2D eigenvalue weighted by molar-refractivity contribution is 6.01. The van der Waals surface area contributed by atoms with E-state index in [1.54, 1.807) is 0 Å². The van der Waals surface area contributed by atoms with Gasteiger partial charge in [-0.25, -0.2) is 4.39 Å². The summed E-state index contributed by atoms with van der Waals surface area (Å²) >= 11 is 0. The molecule has 0 aliphatic heterocycles. The van der Waals surface area contributed by atoms with Crippen molar-refractivity contribution in [1.82, 2.24) is 5.32 Å². The lowest BCUT2D eigenvalue weighted by atomic mass is 10.1. The van der Waals surface area contributed by atoms with Crippen molar-refractivity contribution in [2.75, 3.05) is 5.43 Å². The number of carbonyl (C=O) groups excluding carboxylic acids is 2. The Labute approximate surface area is 112 Å². The molecule has 0 aromatic heterocycles. The van der Waals surface area contributed by atoms with Crippen molar-refractivity contribution in [2.24, 2.45) is 11.6 Å². The van der Waals surface area contributed by atoms with Gasteiger partial charge in [0.1, 0.15) is 11.6 Å². The smallest absolute Gasteiger partial charge is 0.285 e. The molecule has 0 heterocycles. The quantitative estimate of drug-likeness (QED) is 0.328. The van der Waals surface area contributed by atoms with Gasteiger partial charge in [0.2, 0.25) is 5.91 Å². The molecule has 20 heavy (non-hydrogen) atoms. The van der Waals surface area contributed by atoms with Crippen molar-refractivity contribution in [2.45, 2.75) is 13.0 Å². The normalized spacial score (nSPS) is 11.6. The van der Waals surface area contributed by atoms with Gasteiger partial charge in [0.05, 0.1) is 16.7 Å². The Kier molecular flexibility index (Phi) is 4.54. The maximum Gasteiger partial charge on any atom is 0.285 e. The Bertz CT molecular complexity index is 577. The van der Waals surface area contributed by atoms with Gasteiger partial charge in [0.25, 0.3) is 11.6 Å². The standard InChI is InChI=1S/C10H12FN5O4/c1-4(9(12)17)14-10(18)5-2-7(15-13)6(11)3-8(5)16(19)20/h2-4,15H,13H2,1H3,(H2,12,17)(H,14,18). The Balaban J connectivity index is 3.24. The van der Waals surface area contributed by atoms with E-state index in [9.17, 15) is 24.1 Å². The van der Waals surface area contributed by atoms with Gasteiger partial charge in [0.15, 0.2) is 5.82 Å². The molecule has 108 valence electrons. The van der Waals surface area contributed by atoms with Crippen LogP contribution in [0.4, 0.5) is 15.8 Å². The third kappa shape index (κ3) is 3.17. The van der Waals surface area contributed by atoms with Gasteiger partial charge in [-0.1, -0.05) is 0 Å². The van der Waals surface area contributed by atoms with E-state index in [4.69, 9.17) is 11.6 Å². The van der Waals surface area contributed by atoms with E-state index < -0.39 is 39.8 Å². The highest BCUT2D eigenvalue weighted by Crippen LogP contribution is 2.25. The SMILES string of the molecule is CC(NC(=O)c1cc(NN)c(F)cc1[N+](=O)[O-])C(N)=O. The van der Waals surface area contributed by atoms with Crippen LogP contribution >= 0.6 is 0 Å². The van der Waals surface area contributed by atoms with E-state index >= 15 is 0 Å². The fourth-order valence-corrected chi connectivity index (χ4v) is 1.35. The summed E-state index contributed by atoms with van der Waals surface area (Å²) in [5.41, 5.74) is 5.42. The molecule has 0 radical (unpaired) electrons. The number of halogens is 1. The number of nitro benzene ring substituents is 1. The number of benzene rings is 1. The summed E-state index contributed by atoms with van der Waals surface area (Å²) in [5, 5.41) is 13.0. The molecule has 0 fully saturated rings. The molecule has 1 rings (SSSR count). The first-order valence-corrected chi connectivity index (χ1v) is 5.32. The number of nitro groups is 1. The zero-order valence-corrected chi connectivity index (χ0v) is 10.3. The summed E-state index contributed by atoms with van der Waals surface area (Å²) < 4.78 is 13.4. The predicted octanol–water partition coefficient (Wildman–Crippen LogP) is -0.377. The average Bonchev–Trinajstić information content (AvgIpc) is 2.37. The molecule has 10 heteroatoms. The molecular weight excluding hydrogens is 273 g/mol. The van der Waals surface area contributed by atoms with Gasteiger partial charge >= 0.3 is 0 Å². The molecule has 1 aromatic carbocycles. The van der Waals surface area contributed by atoms with Crippen LogP contribution in [0.3, 0.4) is 0 Å². The van der Waals surface area contributed by atoms with E-state index in [1.165, 1.54) is 6.92 Å². The number of nitrogens with one attached hydrogen (secondary N) is 2. The lowest BCUT2D eigenvalue weighted by Gasteiger charge is -2.11. The van der Waals surface area contributed by atoms with Gasteiger partial charge in [-0.3, -0.25) is 25.5 Å². The molecular formula is C10H12FN5O4. The van der Waals surface area contributed by atoms with Gasteiger partial charge in [-0.2, -0.15) is 0 Å². The van der Waals surface area contributed by atoms with Crippen LogP contribution < -0.4 is 22.3 Å². The number of nitrogens with zero attached hydrogens (tertiary/aromatic N) is 1. The molecule has 0 aliphatic rings. The minimum atomic E-state index is -1.04. The maximum atomic E-state index is 13.4. The molecule has 0 aliphatic carbocycles. The second-order valence-corrected chi connectivity index (χ2v) is 3.85. The van der Waals surface area contributed by atoms with E-state index in [0.29, 0.717) is 6.07 Å². The van der Waals surface area contributed by atoms with Crippen LogP contribution in [0.25, 0.3) is 0 Å². The lowest BCUT2D eigenvalue weighted by Crippen LogP contribution is -2.42. The number of hydrogen-bond donors (Lipinski definition) is 4. The summed E-state index contributed by atoms with van der Waals surface area (Å²) in [6.45, 7) is 1.30. The van der Waals surface area contributed by atoms with Crippen LogP contribution in [0.15, 0.2) is 12.1 Å². The van der Waals surface area contributed by atoms with Gasteiger partial charge in [0, 0.05) is 0 Å². The Hall–Kier alpha value is -2.75. The Morgan fingerprint density at radius 2 is 2.05 bits per heavy atom. The fourth-order valence-electron chi connectivity index (χ4n) is 1.35. The summed E-state index contributed by atoms with van der Waals surface area (Å²) in [6, 6.07) is 0.386. The number of nitrogen functional groups attached to an aromatic ring is 1.